The molecule has 0 aliphatic heterocycles. The monoisotopic (exact) mass is 477 g/mol. The molecule has 170 valence electrons. The third-order valence-electron chi connectivity index (χ3n) is 4.36. The van der Waals surface area contributed by atoms with E-state index in [0.717, 1.165) is 24.4 Å². The zero-order valence-electron chi connectivity index (χ0n) is 16.8. The minimum absolute atomic E-state index is 0.0898. The Labute approximate surface area is 185 Å². The Bertz CT molecular complexity index is 1440. The predicted octanol–water partition coefficient (Wildman–Crippen LogP) is 2.98. The van der Waals surface area contributed by atoms with Gasteiger partial charge in [0.05, 0.1) is 12.8 Å². The zero-order chi connectivity index (χ0) is 23.8. The molecule has 0 unspecified atom stereocenters. The van der Waals surface area contributed by atoms with Gasteiger partial charge in [0.15, 0.2) is 23.1 Å². The summed E-state index contributed by atoms with van der Waals surface area (Å²) in [6.45, 7) is 1.70. The first kappa shape index (κ1) is 22.2. The summed E-state index contributed by atoms with van der Waals surface area (Å²) in [5.41, 5.74) is -1.92. The standard InChI is InChI=1S/C20H14F3N5O4S/c1-2-32-20-24-11-15(23)17-25-19(26-27(17)20)33(30,31)28(16-13(21)9-6-10-14(16)22)18(29)12-7-4-3-5-8-12/h3-11H,2H2,1H3. The number of nitrogens with zero attached hydrogens (tertiary/aromatic N) is 5. The fraction of sp³-hybridized carbons (Fsp3) is 0.100. The Kier molecular flexibility index (Phi) is 5.72. The normalized spacial score (nSPS) is 11.5. The van der Waals surface area contributed by atoms with Crippen LogP contribution < -0.4 is 9.04 Å². The van der Waals surface area contributed by atoms with Crippen LogP contribution >= 0.6 is 0 Å². The van der Waals surface area contributed by atoms with Crippen molar-refractivity contribution in [3.63, 3.8) is 0 Å². The molecule has 0 spiro atoms. The SMILES string of the molecule is CCOc1ncc(F)c2nc(S(=O)(=O)N(C(=O)c3ccccc3)c3c(F)cccc3F)nn12. The second kappa shape index (κ2) is 8.50. The average molecular weight is 477 g/mol. The second-order valence-corrected chi connectivity index (χ2v) is 8.14. The van der Waals surface area contributed by atoms with Gasteiger partial charge in [0.25, 0.3) is 11.1 Å². The molecule has 0 aliphatic rings. The third kappa shape index (κ3) is 3.86. The average Bonchev–Trinajstić information content (AvgIpc) is 3.26. The minimum atomic E-state index is -5.15. The van der Waals surface area contributed by atoms with Gasteiger partial charge in [-0.25, -0.2) is 18.2 Å². The van der Waals surface area contributed by atoms with Gasteiger partial charge in [0.1, 0.15) is 5.69 Å². The van der Waals surface area contributed by atoms with Gasteiger partial charge in [-0.1, -0.05) is 24.3 Å². The van der Waals surface area contributed by atoms with Crippen molar-refractivity contribution in [2.75, 3.05) is 10.9 Å². The third-order valence-corrected chi connectivity index (χ3v) is 5.82. The molecule has 0 radical (unpaired) electrons. The molecule has 0 fully saturated rings. The van der Waals surface area contributed by atoms with E-state index in [1.165, 1.54) is 24.3 Å². The molecule has 4 aromatic rings. The van der Waals surface area contributed by atoms with E-state index < -0.39 is 49.9 Å². The smallest absolute Gasteiger partial charge is 0.319 e. The lowest BCUT2D eigenvalue weighted by Crippen LogP contribution is -2.39. The fourth-order valence-corrected chi connectivity index (χ4v) is 4.22. The maximum Gasteiger partial charge on any atom is 0.319 e. The number of amides is 1. The molecule has 0 saturated carbocycles. The van der Waals surface area contributed by atoms with Crippen molar-refractivity contribution >= 4 is 27.3 Å². The summed E-state index contributed by atoms with van der Waals surface area (Å²) in [6, 6.07) is 9.26. The number of sulfonamides is 1. The first-order valence-electron chi connectivity index (χ1n) is 9.38. The minimum Gasteiger partial charge on any atom is -0.464 e. The molecule has 2 heterocycles. The first-order valence-corrected chi connectivity index (χ1v) is 10.8. The number of carbonyl (C=O) groups is 1. The fourth-order valence-electron chi connectivity index (χ4n) is 2.94. The molecule has 0 N–H and O–H groups in total. The highest BCUT2D eigenvalue weighted by molar-refractivity contribution is 7.93. The number of halogens is 3. The maximum atomic E-state index is 14.6. The maximum absolute atomic E-state index is 14.6. The topological polar surface area (TPSA) is 107 Å². The van der Waals surface area contributed by atoms with Crippen molar-refractivity contribution in [1.29, 1.82) is 0 Å². The van der Waals surface area contributed by atoms with E-state index in [2.05, 4.69) is 15.1 Å². The molecule has 0 aliphatic carbocycles. The zero-order valence-corrected chi connectivity index (χ0v) is 17.6. The van der Waals surface area contributed by atoms with Crippen LogP contribution in [-0.2, 0) is 10.0 Å². The van der Waals surface area contributed by atoms with Gasteiger partial charge in [-0.05, 0) is 31.2 Å². The molecule has 0 atom stereocenters. The highest BCUT2D eigenvalue weighted by atomic mass is 32.2. The Morgan fingerprint density at radius 1 is 1.03 bits per heavy atom. The summed E-state index contributed by atoms with van der Waals surface area (Å²) in [4.78, 5) is 20.5. The summed E-state index contributed by atoms with van der Waals surface area (Å²) >= 11 is 0. The lowest BCUT2D eigenvalue weighted by Gasteiger charge is -2.21. The van der Waals surface area contributed by atoms with Crippen LogP contribution in [0.3, 0.4) is 0 Å². The summed E-state index contributed by atoms with van der Waals surface area (Å²) in [5, 5.41) is 2.60. The highest BCUT2D eigenvalue weighted by Crippen LogP contribution is 2.30. The van der Waals surface area contributed by atoms with E-state index in [0.29, 0.717) is 4.52 Å². The number of hydrogen-bond acceptors (Lipinski definition) is 7. The molecular weight excluding hydrogens is 463 g/mol. The largest absolute Gasteiger partial charge is 0.464 e. The summed E-state index contributed by atoms with van der Waals surface area (Å²) in [6.07, 6.45) is 0.745. The van der Waals surface area contributed by atoms with Crippen LogP contribution in [0.4, 0.5) is 18.9 Å². The summed E-state index contributed by atoms with van der Waals surface area (Å²) in [5.74, 6) is -4.96. The van der Waals surface area contributed by atoms with E-state index in [-0.39, 0.29) is 22.5 Å². The number of fused-ring (bicyclic) bond motifs is 1. The van der Waals surface area contributed by atoms with E-state index in [1.807, 2.05) is 0 Å². The van der Waals surface area contributed by atoms with Gasteiger partial charge < -0.3 is 4.74 Å². The van der Waals surface area contributed by atoms with E-state index >= 15 is 0 Å². The van der Waals surface area contributed by atoms with Crippen LogP contribution in [0, 0.1) is 17.5 Å². The number of benzene rings is 2. The molecule has 13 heteroatoms. The lowest BCUT2D eigenvalue weighted by atomic mass is 10.2. The van der Waals surface area contributed by atoms with Crippen LogP contribution in [0.5, 0.6) is 6.01 Å². The summed E-state index contributed by atoms with van der Waals surface area (Å²) in [7, 11) is -5.15. The predicted molar refractivity (Wildman–Crippen MR) is 109 cm³/mol. The molecule has 0 bridgehead atoms. The number of para-hydroxylation sites is 1. The van der Waals surface area contributed by atoms with E-state index in [9.17, 15) is 26.4 Å². The molecule has 2 aromatic heterocycles. The molecule has 2 aromatic carbocycles. The van der Waals surface area contributed by atoms with Crippen LogP contribution in [0.1, 0.15) is 17.3 Å². The van der Waals surface area contributed by atoms with Gasteiger partial charge in [0.2, 0.25) is 0 Å². The number of anilines is 1. The molecule has 9 nitrogen and oxygen atoms in total. The molecule has 33 heavy (non-hydrogen) atoms. The Morgan fingerprint density at radius 2 is 1.70 bits per heavy atom. The van der Waals surface area contributed by atoms with Gasteiger partial charge in [-0.3, -0.25) is 4.79 Å². The Hall–Kier alpha value is -4.00. The van der Waals surface area contributed by atoms with Crippen molar-refractivity contribution in [1.82, 2.24) is 19.6 Å². The van der Waals surface area contributed by atoms with Crippen LogP contribution in [-0.4, -0.2) is 40.5 Å². The van der Waals surface area contributed by atoms with Crippen molar-refractivity contribution in [3.8, 4) is 6.01 Å². The number of ether oxygens (including phenoxy) is 1. The quantitative estimate of drug-likeness (QED) is 0.420. The van der Waals surface area contributed by atoms with Gasteiger partial charge in [0, 0.05) is 5.56 Å². The number of carbonyl (C=O) groups excluding carboxylic acids is 1. The molecule has 1 amide bonds. The number of rotatable bonds is 6. The lowest BCUT2D eigenvalue weighted by molar-refractivity contribution is 0.100. The van der Waals surface area contributed by atoms with E-state index in [4.69, 9.17) is 4.74 Å². The van der Waals surface area contributed by atoms with Crippen LogP contribution in [0.15, 0.2) is 59.9 Å². The van der Waals surface area contributed by atoms with Gasteiger partial charge >= 0.3 is 16.0 Å². The van der Waals surface area contributed by atoms with Crippen molar-refractivity contribution in [3.05, 3.63) is 77.7 Å². The highest BCUT2D eigenvalue weighted by Gasteiger charge is 2.39. The molecule has 0 saturated heterocycles. The number of hydrogen-bond donors (Lipinski definition) is 0. The Morgan fingerprint density at radius 3 is 2.33 bits per heavy atom. The summed E-state index contributed by atoms with van der Waals surface area (Å²) < 4.78 is 76.2. The van der Waals surface area contributed by atoms with E-state index in [1.54, 1.807) is 13.0 Å². The molecular formula is C20H14F3N5O4S. The van der Waals surface area contributed by atoms with Crippen molar-refractivity contribution in [2.24, 2.45) is 0 Å². The van der Waals surface area contributed by atoms with Gasteiger partial charge in [-0.2, -0.15) is 22.2 Å². The molecule has 4 rings (SSSR count). The van der Waals surface area contributed by atoms with Crippen molar-refractivity contribution in [2.45, 2.75) is 12.1 Å². The Balaban J connectivity index is 1.96. The first-order chi connectivity index (χ1) is 15.8. The van der Waals surface area contributed by atoms with Gasteiger partial charge in [-0.15, -0.1) is 5.10 Å². The van der Waals surface area contributed by atoms with Crippen LogP contribution in [0.25, 0.3) is 5.65 Å². The van der Waals surface area contributed by atoms with Crippen LogP contribution in [0.2, 0.25) is 0 Å². The number of aromatic nitrogens is 4. The second-order valence-electron chi connectivity index (χ2n) is 6.46. The van der Waals surface area contributed by atoms with Crippen molar-refractivity contribution < 1.29 is 31.1 Å².